The third-order valence-corrected chi connectivity index (χ3v) is 9.28. The number of phenols is 1. The number of aliphatic hydroxyl groups excluding tert-OH is 1. The number of hydrogen-bond donors (Lipinski definition) is 4. The Morgan fingerprint density at radius 3 is 2.31 bits per heavy atom. The van der Waals surface area contributed by atoms with Crippen molar-refractivity contribution in [1.82, 2.24) is 4.72 Å². The number of phenolic OH excluding ortho intramolecular Hbond substituents is 1. The average molecular weight is 577 g/mol. The predicted molar refractivity (Wildman–Crippen MR) is 156 cm³/mol. The lowest BCUT2D eigenvalue weighted by atomic mass is 9.80. The molecule has 1 unspecified atom stereocenters. The first-order valence-electron chi connectivity index (χ1n) is 13.1. The number of aryl methyl sites for hydroxylation is 2. The third-order valence-electron chi connectivity index (χ3n) is 6.96. The van der Waals surface area contributed by atoms with E-state index in [1.165, 1.54) is 0 Å². The van der Waals surface area contributed by atoms with Gasteiger partial charge in [0.15, 0.2) is 0 Å². The minimum absolute atomic E-state index is 0.00917. The van der Waals surface area contributed by atoms with Gasteiger partial charge in [0.2, 0.25) is 0 Å². The minimum atomic E-state index is -3.72. The molecular formula is C29H40N2O6S2. The van der Waals surface area contributed by atoms with E-state index in [0.717, 1.165) is 27.8 Å². The van der Waals surface area contributed by atoms with Gasteiger partial charge in [-0.1, -0.05) is 65.4 Å². The first-order chi connectivity index (χ1) is 18.1. The van der Waals surface area contributed by atoms with E-state index in [2.05, 4.69) is 9.44 Å². The van der Waals surface area contributed by atoms with Crippen molar-refractivity contribution in [2.75, 3.05) is 11.3 Å². The van der Waals surface area contributed by atoms with Crippen LogP contribution in [0.25, 0.3) is 0 Å². The van der Waals surface area contributed by atoms with Gasteiger partial charge in [0.1, 0.15) is 22.0 Å². The monoisotopic (exact) mass is 576 g/mol. The fraction of sp³-hybridized carbons (Fsp3) is 0.483. The van der Waals surface area contributed by atoms with Gasteiger partial charge < -0.3 is 14.9 Å². The fourth-order valence-corrected chi connectivity index (χ4v) is 6.77. The largest absolute Gasteiger partial charge is 0.511 e. The maximum absolute atomic E-state index is 13.4. The summed E-state index contributed by atoms with van der Waals surface area (Å²) in [6, 6.07) is 10.5. The average Bonchev–Trinajstić information content (AvgIpc) is 2.81. The van der Waals surface area contributed by atoms with Crippen LogP contribution in [0.2, 0.25) is 0 Å². The minimum Gasteiger partial charge on any atom is -0.511 e. The summed E-state index contributed by atoms with van der Waals surface area (Å²) in [7, 11) is -3.72. The summed E-state index contributed by atoms with van der Waals surface area (Å²) < 4.78 is 35.8. The van der Waals surface area contributed by atoms with Gasteiger partial charge in [-0.3, -0.25) is 4.72 Å². The lowest BCUT2D eigenvalue weighted by molar-refractivity contribution is -0.164. The predicted octanol–water partition coefficient (Wildman–Crippen LogP) is 6.10. The Balaban J connectivity index is 1.93. The molecular weight excluding hydrogens is 536 g/mol. The number of aliphatic hydroxyl groups is 1. The molecule has 8 nitrogen and oxygen atoms in total. The second-order valence-electron chi connectivity index (χ2n) is 11.3. The molecule has 3 rings (SSSR count). The maximum atomic E-state index is 13.4. The van der Waals surface area contributed by atoms with Gasteiger partial charge in [-0.05, 0) is 72.1 Å². The van der Waals surface area contributed by atoms with Crippen LogP contribution in [0.5, 0.6) is 5.75 Å². The van der Waals surface area contributed by atoms with E-state index in [4.69, 9.17) is 4.74 Å². The number of ether oxygens (including phenoxy) is 1. The molecule has 0 fully saturated rings. The van der Waals surface area contributed by atoms with Crippen LogP contribution in [-0.2, 0) is 31.6 Å². The number of benzene rings is 2. The second-order valence-corrected chi connectivity index (χ2v) is 13.9. The van der Waals surface area contributed by atoms with Crippen LogP contribution in [0.1, 0.15) is 71.1 Å². The van der Waals surface area contributed by atoms with Crippen molar-refractivity contribution in [3.63, 3.8) is 0 Å². The van der Waals surface area contributed by atoms with Gasteiger partial charge in [-0.2, -0.15) is 13.1 Å². The van der Waals surface area contributed by atoms with E-state index in [1.807, 2.05) is 52.8 Å². The van der Waals surface area contributed by atoms with E-state index in [1.54, 1.807) is 32.0 Å². The Hall–Kier alpha value is -2.69. The second kappa shape index (κ2) is 11.8. The van der Waals surface area contributed by atoms with Gasteiger partial charge in [0, 0.05) is 17.9 Å². The number of cyclic esters (lactones) is 1. The molecule has 2 aromatic rings. The van der Waals surface area contributed by atoms with Crippen LogP contribution in [0, 0.1) is 12.8 Å². The van der Waals surface area contributed by atoms with Gasteiger partial charge in [0.25, 0.3) is 10.2 Å². The first kappa shape index (κ1) is 30.8. The molecule has 0 bridgehead atoms. The van der Waals surface area contributed by atoms with Gasteiger partial charge >= 0.3 is 5.97 Å². The molecule has 0 radical (unpaired) electrons. The van der Waals surface area contributed by atoms with E-state index in [-0.39, 0.29) is 40.7 Å². The highest BCUT2D eigenvalue weighted by Gasteiger charge is 2.44. The third kappa shape index (κ3) is 7.49. The van der Waals surface area contributed by atoms with Crippen molar-refractivity contribution in [2.24, 2.45) is 5.92 Å². The summed E-state index contributed by atoms with van der Waals surface area (Å²) in [4.78, 5) is 14.2. The van der Waals surface area contributed by atoms with Crippen LogP contribution in [0.3, 0.4) is 0 Å². The molecule has 0 saturated heterocycles. The highest BCUT2D eigenvalue weighted by atomic mass is 32.2. The van der Waals surface area contributed by atoms with Crippen molar-refractivity contribution in [3.8, 4) is 5.75 Å². The number of carbonyl (C=O) groups excluding carboxylic acids is 1. The van der Waals surface area contributed by atoms with Gasteiger partial charge in [-0.25, -0.2) is 4.79 Å². The van der Waals surface area contributed by atoms with Crippen molar-refractivity contribution >= 4 is 33.6 Å². The SMILES string of the molecule is CCNS(=O)(=O)Nc1cc(C(C)(C)C)c(SC2=C(O)CC(CCc3ccc(O)cc3)(C(C)C)OC2=O)cc1C. The number of hydrogen-bond acceptors (Lipinski definition) is 7. The van der Waals surface area contributed by atoms with Gasteiger partial charge in [-0.15, -0.1) is 0 Å². The number of thioether (sulfide) groups is 1. The number of aromatic hydroxyl groups is 1. The maximum Gasteiger partial charge on any atom is 0.349 e. The molecule has 2 aromatic carbocycles. The zero-order valence-corrected chi connectivity index (χ0v) is 25.3. The lowest BCUT2D eigenvalue weighted by Crippen LogP contribution is -2.44. The molecule has 0 aliphatic carbocycles. The number of rotatable bonds is 10. The molecule has 1 aliphatic heterocycles. The molecule has 39 heavy (non-hydrogen) atoms. The molecule has 0 amide bonds. The summed E-state index contributed by atoms with van der Waals surface area (Å²) in [6.07, 6.45) is 1.34. The zero-order valence-electron chi connectivity index (χ0n) is 23.7. The van der Waals surface area contributed by atoms with Crippen molar-refractivity contribution < 1.29 is 28.2 Å². The summed E-state index contributed by atoms with van der Waals surface area (Å²) >= 11 is 1.15. The molecule has 0 saturated carbocycles. The van der Waals surface area contributed by atoms with Crippen LogP contribution in [-0.4, -0.2) is 36.7 Å². The van der Waals surface area contributed by atoms with E-state index in [9.17, 15) is 23.4 Å². The summed E-state index contributed by atoms with van der Waals surface area (Å²) in [5, 5.41) is 20.7. The van der Waals surface area contributed by atoms with Crippen LogP contribution in [0.4, 0.5) is 5.69 Å². The standard InChI is InChI=1S/C29H40N2O6S2/c1-8-30-39(35,36)31-23-16-22(28(5,6)7)25(15-19(23)4)38-26-24(33)17-29(18(2)3,37-27(26)34)14-13-20-9-11-21(32)12-10-20/h9-12,15-16,18,30-33H,8,13-14,17H2,1-7H3. The van der Waals surface area contributed by atoms with E-state index < -0.39 is 21.8 Å². The fourth-order valence-electron chi connectivity index (χ4n) is 4.56. The van der Waals surface area contributed by atoms with Crippen molar-refractivity contribution in [2.45, 2.75) is 83.6 Å². The molecule has 10 heteroatoms. The summed E-state index contributed by atoms with van der Waals surface area (Å²) in [6.45, 7) is 13.7. The number of nitrogens with one attached hydrogen (secondary N) is 2. The first-order valence-corrected chi connectivity index (χ1v) is 15.4. The molecule has 1 heterocycles. The van der Waals surface area contributed by atoms with Crippen LogP contribution >= 0.6 is 11.8 Å². The Morgan fingerprint density at radius 1 is 1.13 bits per heavy atom. The molecule has 1 aliphatic rings. The van der Waals surface area contributed by atoms with E-state index in [0.29, 0.717) is 24.1 Å². The number of esters is 1. The molecule has 214 valence electrons. The topological polar surface area (TPSA) is 125 Å². The van der Waals surface area contributed by atoms with Crippen LogP contribution < -0.4 is 9.44 Å². The van der Waals surface area contributed by atoms with Crippen LogP contribution in [0.15, 0.2) is 52.0 Å². The highest BCUT2D eigenvalue weighted by molar-refractivity contribution is 8.04. The van der Waals surface area contributed by atoms with E-state index >= 15 is 0 Å². The smallest absolute Gasteiger partial charge is 0.349 e. The quantitative estimate of drug-likeness (QED) is 0.252. The van der Waals surface area contributed by atoms with Crippen molar-refractivity contribution in [1.29, 1.82) is 0 Å². The lowest BCUT2D eigenvalue weighted by Gasteiger charge is -2.40. The van der Waals surface area contributed by atoms with Crippen molar-refractivity contribution in [3.05, 3.63) is 63.8 Å². The summed E-state index contributed by atoms with van der Waals surface area (Å²) in [5.74, 6) is -0.428. The number of carbonyl (C=O) groups is 1. The Labute approximate surface area is 236 Å². The number of anilines is 1. The Bertz CT molecular complexity index is 1350. The Kier molecular flexibility index (Phi) is 9.35. The molecule has 0 aromatic heterocycles. The molecule has 4 N–H and O–H groups in total. The van der Waals surface area contributed by atoms with Gasteiger partial charge in [0.05, 0.1) is 5.69 Å². The highest BCUT2D eigenvalue weighted by Crippen LogP contribution is 2.46. The normalized spacial score (nSPS) is 18.4. The zero-order chi connectivity index (χ0) is 29.2. The molecule has 1 atom stereocenters. The summed E-state index contributed by atoms with van der Waals surface area (Å²) in [5.41, 5.74) is 1.72. The molecule has 0 spiro atoms. The Morgan fingerprint density at radius 2 is 1.77 bits per heavy atom.